The van der Waals surface area contributed by atoms with Crippen LogP contribution in [0.4, 0.5) is 4.39 Å². The van der Waals surface area contributed by atoms with Gasteiger partial charge in [-0.2, -0.15) is 0 Å². The fourth-order valence-electron chi connectivity index (χ4n) is 1.91. The Hall–Kier alpha value is -0.590. The Morgan fingerprint density at radius 1 is 0.667 bits per heavy atom. The van der Waals surface area contributed by atoms with Crippen LogP contribution in [0, 0.1) is 0 Å². The first-order valence-corrected chi connectivity index (χ1v) is 7.77. The molecular weight excluding hydrogens is 223 g/mol. The number of allylic oxidation sites excluding steroid dienone is 4. The number of rotatable bonds is 13. The molecule has 1 heteroatoms. The molecule has 0 rings (SSSR count). The van der Waals surface area contributed by atoms with Crippen LogP contribution in [-0.2, 0) is 0 Å². The SMILES string of the molecule is CCCCC/C=C\C/C=C\CCCCCCCF. The molecule has 0 bridgehead atoms. The minimum Gasteiger partial charge on any atom is -0.251 e. The summed E-state index contributed by atoms with van der Waals surface area (Å²) >= 11 is 0. The number of hydrogen-bond acceptors (Lipinski definition) is 0. The van der Waals surface area contributed by atoms with E-state index in [9.17, 15) is 4.39 Å². The van der Waals surface area contributed by atoms with Crippen LogP contribution in [0.15, 0.2) is 24.3 Å². The van der Waals surface area contributed by atoms with Crippen LogP contribution in [0.3, 0.4) is 0 Å². The molecule has 0 aromatic rings. The van der Waals surface area contributed by atoms with Crippen molar-refractivity contribution in [3.05, 3.63) is 24.3 Å². The average Bonchev–Trinajstić information content (AvgIpc) is 2.39. The van der Waals surface area contributed by atoms with E-state index >= 15 is 0 Å². The zero-order valence-electron chi connectivity index (χ0n) is 12.2. The molecule has 0 heterocycles. The zero-order valence-corrected chi connectivity index (χ0v) is 12.2. The Balaban J connectivity index is 3.13. The number of halogens is 1. The lowest BCUT2D eigenvalue weighted by molar-refractivity contribution is 0.451. The Kier molecular flexibility index (Phi) is 15.9. The molecule has 0 aliphatic rings. The van der Waals surface area contributed by atoms with Gasteiger partial charge in [0.25, 0.3) is 0 Å². The van der Waals surface area contributed by atoms with Crippen LogP contribution in [-0.4, -0.2) is 6.67 Å². The summed E-state index contributed by atoms with van der Waals surface area (Å²) in [5, 5.41) is 0. The Bertz CT molecular complexity index is 194. The van der Waals surface area contributed by atoms with Crippen molar-refractivity contribution in [3.63, 3.8) is 0 Å². The maximum atomic E-state index is 11.8. The monoisotopic (exact) mass is 254 g/mol. The summed E-state index contributed by atoms with van der Waals surface area (Å²) in [7, 11) is 0. The predicted octanol–water partition coefficient (Wildman–Crippen LogP) is 6.38. The number of alkyl halides is 1. The largest absolute Gasteiger partial charge is 0.251 e. The van der Waals surface area contributed by atoms with Gasteiger partial charge in [0, 0.05) is 0 Å². The van der Waals surface area contributed by atoms with Crippen molar-refractivity contribution in [2.45, 2.75) is 77.6 Å². The van der Waals surface area contributed by atoms with Crippen molar-refractivity contribution in [3.8, 4) is 0 Å². The van der Waals surface area contributed by atoms with Gasteiger partial charge in [-0.15, -0.1) is 0 Å². The molecule has 0 atom stereocenters. The lowest BCUT2D eigenvalue weighted by atomic mass is 10.1. The van der Waals surface area contributed by atoms with E-state index in [0.717, 1.165) is 19.3 Å². The van der Waals surface area contributed by atoms with E-state index in [4.69, 9.17) is 0 Å². The average molecular weight is 254 g/mol. The van der Waals surface area contributed by atoms with Crippen LogP contribution in [0.1, 0.15) is 77.6 Å². The molecule has 0 radical (unpaired) electrons. The third-order valence-electron chi connectivity index (χ3n) is 3.08. The van der Waals surface area contributed by atoms with Gasteiger partial charge in [-0.25, -0.2) is 0 Å². The highest BCUT2D eigenvalue weighted by Crippen LogP contribution is 2.06. The maximum Gasteiger partial charge on any atom is 0.0894 e. The first-order chi connectivity index (χ1) is 8.91. The highest BCUT2D eigenvalue weighted by Gasteiger charge is 1.88. The highest BCUT2D eigenvalue weighted by molar-refractivity contribution is 4.92. The van der Waals surface area contributed by atoms with Gasteiger partial charge in [0.1, 0.15) is 0 Å². The van der Waals surface area contributed by atoms with E-state index in [0.29, 0.717) is 0 Å². The van der Waals surface area contributed by atoms with Gasteiger partial charge in [0.15, 0.2) is 0 Å². The molecular formula is C17H31F. The lowest BCUT2D eigenvalue weighted by Crippen LogP contribution is -1.79. The minimum absolute atomic E-state index is 0.148. The summed E-state index contributed by atoms with van der Waals surface area (Å²) in [6.07, 6.45) is 22.1. The predicted molar refractivity (Wildman–Crippen MR) is 80.7 cm³/mol. The molecule has 0 fully saturated rings. The molecule has 0 aromatic heterocycles. The molecule has 0 saturated carbocycles. The second kappa shape index (κ2) is 16.4. The van der Waals surface area contributed by atoms with Gasteiger partial charge in [-0.05, 0) is 38.5 Å². The third kappa shape index (κ3) is 15.4. The molecule has 0 aromatic carbocycles. The Morgan fingerprint density at radius 2 is 1.22 bits per heavy atom. The van der Waals surface area contributed by atoms with E-state index < -0.39 is 0 Å². The summed E-state index contributed by atoms with van der Waals surface area (Å²) < 4.78 is 11.8. The van der Waals surface area contributed by atoms with Gasteiger partial charge < -0.3 is 0 Å². The molecule has 0 amide bonds. The molecule has 0 aliphatic heterocycles. The van der Waals surface area contributed by atoms with E-state index in [1.54, 1.807) is 0 Å². The van der Waals surface area contributed by atoms with Crippen LogP contribution in [0.5, 0.6) is 0 Å². The second-order valence-electron chi connectivity index (χ2n) is 4.92. The molecule has 0 aliphatic carbocycles. The summed E-state index contributed by atoms with van der Waals surface area (Å²) in [6.45, 7) is 2.09. The Labute approximate surface area is 113 Å². The van der Waals surface area contributed by atoms with Crippen molar-refractivity contribution in [1.29, 1.82) is 0 Å². The second-order valence-corrected chi connectivity index (χ2v) is 4.92. The molecule has 0 spiro atoms. The highest BCUT2D eigenvalue weighted by atomic mass is 19.1. The molecule has 0 saturated heterocycles. The molecule has 106 valence electrons. The van der Waals surface area contributed by atoms with Crippen molar-refractivity contribution in [2.75, 3.05) is 6.67 Å². The van der Waals surface area contributed by atoms with E-state index in [1.807, 2.05) is 0 Å². The van der Waals surface area contributed by atoms with E-state index in [2.05, 4.69) is 31.2 Å². The van der Waals surface area contributed by atoms with Crippen LogP contribution >= 0.6 is 0 Å². The fraction of sp³-hybridized carbons (Fsp3) is 0.765. The molecule has 0 unspecified atom stereocenters. The summed E-state index contributed by atoms with van der Waals surface area (Å²) in [5.41, 5.74) is 0. The van der Waals surface area contributed by atoms with Gasteiger partial charge in [0.05, 0.1) is 6.67 Å². The fourth-order valence-corrected chi connectivity index (χ4v) is 1.91. The van der Waals surface area contributed by atoms with Crippen molar-refractivity contribution >= 4 is 0 Å². The molecule has 18 heavy (non-hydrogen) atoms. The quantitative estimate of drug-likeness (QED) is 0.264. The first kappa shape index (κ1) is 17.4. The van der Waals surface area contributed by atoms with Crippen molar-refractivity contribution < 1.29 is 4.39 Å². The third-order valence-corrected chi connectivity index (χ3v) is 3.08. The first-order valence-electron chi connectivity index (χ1n) is 7.77. The summed E-state index contributed by atoms with van der Waals surface area (Å²) in [5.74, 6) is 0. The lowest BCUT2D eigenvalue weighted by Gasteiger charge is -1.96. The summed E-state index contributed by atoms with van der Waals surface area (Å²) in [6, 6.07) is 0. The molecule has 0 N–H and O–H groups in total. The normalized spacial score (nSPS) is 11.9. The van der Waals surface area contributed by atoms with Crippen molar-refractivity contribution in [1.82, 2.24) is 0 Å². The van der Waals surface area contributed by atoms with Gasteiger partial charge in [-0.3, -0.25) is 4.39 Å². The molecule has 0 nitrogen and oxygen atoms in total. The van der Waals surface area contributed by atoms with Gasteiger partial charge in [-0.1, -0.05) is 63.3 Å². The Morgan fingerprint density at radius 3 is 1.83 bits per heavy atom. The van der Waals surface area contributed by atoms with Crippen LogP contribution in [0.2, 0.25) is 0 Å². The standard InChI is InChI=1S/C17H31F/c1-2-3-4-5-6-7-8-9-10-11-12-13-14-15-16-17-18/h6-7,9-10H,2-5,8,11-17H2,1H3/b7-6-,10-9-. The summed E-state index contributed by atoms with van der Waals surface area (Å²) in [4.78, 5) is 0. The van der Waals surface area contributed by atoms with Crippen LogP contribution < -0.4 is 0 Å². The minimum atomic E-state index is -0.148. The van der Waals surface area contributed by atoms with Crippen LogP contribution in [0.25, 0.3) is 0 Å². The zero-order chi connectivity index (χ0) is 13.3. The van der Waals surface area contributed by atoms with Gasteiger partial charge >= 0.3 is 0 Å². The van der Waals surface area contributed by atoms with E-state index in [1.165, 1.54) is 51.4 Å². The van der Waals surface area contributed by atoms with E-state index in [-0.39, 0.29) is 6.67 Å². The van der Waals surface area contributed by atoms with Crippen molar-refractivity contribution in [2.24, 2.45) is 0 Å². The smallest absolute Gasteiger partial charge is 0.0894 e. The number of unbranched alkanes of at least 4 members (excludes halogenated alkanes) is 8. The number of hydrogen-bond donors (Lipinski definition) is 0. The van der Waals surface area contributed by atoms with Gasteiger partial charge in [0.2, 0.25) is 0 Å². The topological polar surface area (TPSA) is 0 Å². The maximum absolute atomic E-state index is 11.8.